The van der Waals surface area contributed by atoms with E-state index in [2.05, 4.69) is 32.0 Å². The van der Waals surface area contributed by atoms with Crippen LogP contribution in [-0.4, -0.2) is 57.3 Å². The van der Waals surface area contributed by atoms with E-state index in [0.717, 1.165) is 48.6 Å². The Morgan fingerprint density at radius 2 is 1.81 bits per heavy atom. The maximum absolute atomic E-state index is 14.3. The summed E-state index contributed by atoms with van der Waals surface area (Å²) in [6.45, 7) is 2.39. The quantitative estimate of drug-likeness (QED) is 0.473. The van der Waals surface area contributed by atoms with Gasteiger partial charge in [0.25, 0.3) is 0 Å². The van der Waals surface area contributed by atoms with E-state index in [4.69, 9.17) is 0 Å². The molecule has 2 aromatic heterocycles. The van der Waals surface area contributed by atoms with Gasteiger partial charge in [0.2, 0.25) is 11.8 Å². The van der Waals surface area contributed by atoms with E-state index in [1.54, 1.807) is 17.3 Å². The summed E-state index contributed by atoms with van der Waals surface area (Å²) in [5.41, 5.74) is 1.51. The van der Waals surface area contributed by atoms with Crippen molar-refractivity contribution in [3.05, 3.63) is 88.4 Å². The summed E-state index contributed by atoms with van der Waals surface area (Å²) in [5, 5.41) is 2.91. The highest BCUT2D eigenvalue weighted by Gasteiger charge is 2.56. The molecule has 42 heavy (non-hydrogen) atoms. The molecule has 1 N–H and O–H groups in total. The predicted molar refractivity (Wildman–Crippen MR) is 152 cm³/mol. The number of hydrogen-bond acceptors (Lipinski definition) is 5. The fourth-order valence-electron chi connectivity index (χ4n) is 7.66. The van der Waals surface area contributed by atoms with Crippen molar-refractivity contribution < 1.29 is 18.4 Å². The zero-order chi connectivity index (χ0) is 29.3. The summed E-state index contributed by atoms with van der Waals surface area (Å²) < 4.78 is 28.7. The number of amides is 2. The number of nitrogens with one attached hydrogen (secondary N) is 1. The molecule has 2 aliphatic heterocycles. The molecule has 3 aromatic rings. The van der Waals surface area contributed by atoms with Gasteiger partial charge in [0.05, 0.1) is 17.5 Å². The maximum atomic E-state index is 14.3. The van der Waals surface area contributed by atoms with Gasteiger partial charge in [-0.1, -0.05) is 30.7 Å². The predicted octanol–water partition coefficient (Wildman–Crippen LogP) is 4.10. The molecular formula is C33H31F2N5O2. The smallest absolute Gasteiger partial charge is 0.244 e. The SMILES string of the molecule is C[C@@]1(c2cc(F)cc(F)c2)CN([11CH3])C2(CCCC2)C(=O)N1CC#Cc1cnc2c(c1)C[C@@]1(C2)C(=O)Nc2ncccc21. The highest BCUT2D eigenvalue weighted by atomic mass is 19.1. The standard InChI is InChI=1S/C33H31F2N5O2/c1-31(23-14-24(34)16-25(35)15-23)20-39(2)33(9-3-4-10-33)30(42)40(31)12-6-7-21-13-22-17-32(18-27(22)37-19-21)26-8-5-11-36-28(26)38-29(32)41/h5,8,11,13-16,19H,3-4,9-10,12,17-18,20H2,1-2H3,(H,36,38,41)/t31-,32-/m0/s1/i2-1. The number of anilines is 1. The molecule has 2 spiro atoms. The summed E-state index contributed by atoms with van der Waals surface area (Å²) in [6, 6.07) is 9.22. The molecule has 1 saturated carbocycles. The average molecular weight is 567 g/mol. The van der Waals surface area contributed by atoms with Crippen molar-refractivity contribution in [3.8, 4) is 11.8 Å². The fraction of sp³-hybridized carbons (Fsp3) is 0.394. The van der Waals surface area contributed by atoms with Crippen LogP contribution in [-0.2, 0) is 33.4 Å². The minimum Gasteiger partial charge on any atom is -0.319 e. The highest BCUT2D eigenvalue weighted by Crippen LogP contribution is 2.47. The van der Waals surface area contributed by atoms with Gasteiger partial charge in [-0.15, -0.1) is 0 Å². The van der Waals surface area contributed by atoms with Crippen molar-refractivity contribution >= 4 is 17.6 Å². The zero-order valence-electron chi connectivity index (χ0n) is 23.6. The van der Waals surface area contributed by atoms with Crippen LogP contribution in [0.15, 0.2) is 48.8 Å². The van der Waals surface area contributed by atoms with Gasteiger partial charge in [-0.2, -0.15) is 0 Å². The summed E-state index contributed by atoms with van der Waals surface area (Å²) in [4.78, 5) is 40.0. The second-order valence-corrected chi connectivity index (χ2v) is 12.3. The lowest BCUT2D eigenvalue weighted by molar-refractivity contribution is -0.161. The number of carbonyl (C=O) groups is 2. The van der Waals surface area contributed by atoms with Gasteiger partial charge in [-0.25, -0.2) is 13.8 Å². The molecule has 2 fully saturated rings. The van der Waals surface area contributed by atoms with E-state index in [9.17, 15) is 18.4 Å². The molecule has 2 amide bonds. The van der Waals surface area contributed by atoms with Gasteiger partial charge in [0, 0.05) is 48.2 Å². The van der Waals surface area contributed by atoms with Crippen LogP contribution < -0.4 is 5.32 Å². The van der Waals surface area contributed by atoms with Gasteiger partial charge < -0.3 is 10.2 Å². The lowest BCUT2D eigenvalue weighted by Crippen LogP contribution is -2.70. The van der Waals surface area contributed by atoms with E-state index >= 15 is 0 Å². The monoisotopic (exact) mass is 566 g/mol. The summed E-state index contributed by atoms with van der Waals surface area (Å²) in [7, 11) is 1.93. The normalized spacial score (nSPS) is 25.9. The first kappa shape index (κ1) is 26.7. The minimum absolute atomic E-state index is 0.0521. The second-order valence-electron chi connectivity index (χ2n) is 12.3. The van der Waals surface area contributed by atoms with Gasteiger partial charge in [-0.3, -0.25) is 19.5 Å². The summed E-state index contributed by atoms with van der Waals surface area (Å²) in [5.74, 6) is 5.48. The average Bonchev–Trinajstić information content (AvgIpc) is 3.66. The van der Waals surface area contributed by atoms with Crippen molar-refractivity contribution in [1.29, 1.82) is 0 Å². The van der Waals surface area contributed by atoms with Crippen LogP contribution in [0.25, 0.3) is 0 Å². The van der Waals surface area contributed by atoms with Gasteiger partial charge in [0.15, 0.2) is 0 Å². The van der Waals surface area contributed by atoms with Gasteiger partial charge >= 0.3 is 0 Å². The number of nitrogens with zero attached hydrogens (tertiary/aromatic N) is 4. The topological polar surface area (TPSA) is 78.4 Å². The zero-order valence-corrected chi connectivity index (χ0v) is 23.6. The molecule has 7 rings (SSSR count). The minimum atomic E-state index is -0.975. The molecular weight excluding hydrogens is 535 g/mol. The van der Waals surface area contributed by atoms with Gasteiger partial charge in [0.1, 0.15) is 23.0 Å². The second kappa shape index (κ2) is 9.43. The lowest BCUT2D eigenvalue weighted by atomic mass is 9.78. The third kappa shape index (κ3) is 3.88. The van der Waals surface area contributed by atoms with Crippen molar-refractivity contribution in [2.45, 2.75) is 61.9 Å². The molecule has 7 nitrogen and oxygen atoms in total. The van der Waals surface area contributed by atoms with Crippen LogP contribution in [0.1, 0.15) is 60.6 Å². The molecule has 2 atom stereocenters. The summed E-state index contributed by atoms with van der Waals surface area (Å²) >= 11 is 0. The number of fused-ring (bicyclic) bond motifs is 3. The van der Waals surface area contributed by atoms with Crippen LogP contribution in [0, 0.1) is 23.5 Å². The van der Waals surface area contributed by atoms with Crippen LogP contribution in [0.3, 0.4) is 0 Å². The van der Waals surface area contributed by atoms with E-state index < -0.39 is 28.1 Å². The number of hydrogen-bond donors (Lipinski definition) is 1. The van der Waals surface area contributed by atoms with E-state index in [1.807, 2.05) is 32.2 Å². The first-order chi connectivity index (χ1) is 20.1. The highest BCUT2D eigenvalue weighted by molar-refractivity contribution is 6.06. The number of piperazine rings is 1. The Hall–Kier alpha value is -4.16. The Bertz CT molecular complexity index is 1690. The van der Waals surface area contributed by atoms with Gasteiger partial charge in [-0.05, 0) is 68.6 Å². The van der Waals surface area contributed by atoms with Crippen molar-refractivity contribution in [3.63, 3.8) is 0 Å². The summed E-state index contributed by atoms with van der Waals surface area (Å²) in [6.07, 6.45) is 7.81. The Morgan fingerprint density at radius 3 is 2.57 bits per heavy atom. The molecule has 0 bridgehead atoms. The molecule has 4 heterocycles. The Balaban J connectivity index is 1.19. The van der Waals surface area contributed by atoms with Crippen LogP contribution in [0.2, 0.25) is 0 Å². The van der Waals surface area contributed by atoms with Crippen molar-refractivity contribution in [2.75, 3.05) is 25.5 Å². The van der Waals surface area contributed by atoms with Crippen molar-refractivity contribution in [2.24, 2.45) is 0 Å². The molecule has 0 radical (unpaired) electrons. The first-order valence-corrected chi connectivity index (χ1v) is 14.4. The molecule has 1 saturated heterocycles. The Kier molecular flexibility index (Phi) is 6.00. The number of pyridine rings is 2. The largest absolute Gasteiger partial charge is 0.319 e. The molecule has 4 aliphatic rings. The number of aromatic nitrogens is 2. The number of carbonyl (C=O) groups excluding carboxylic acids is 2. The van der Waals surface area contributed by atoms with E-state index in [-0.39, 0.29) is 18.4 Å². The third-order valence-electron chi connectivity index (χ3n) is 9.91. The van der Waals surface area contributed by atoms with E-state index in [1.165, 1.54) is 12.1 Å². The molecule has 2 aliphatic carbocycles. The fourth-order valence-corrected chi connectivity index (χ4v) is 7.66. The maximum Gasteiger partial charge on any atom is 0.244 e. The number of rotatable bonds is 2. The molecule has 214 valence electrons. The number of benzene rings is 1. The third-order valence-corrected chi connectivity index (χ3v) is 9.91. The van der Waals surface area contributed by atoms with E-state index in [0.29, 0.717) is 36.3 Å². The van der Waals surface area contributed by atoms with Crippen LogP contribution in [0.5, 0.6) is 0 Å². The van der Waals surface area contributed by atoms with Crippen molar-refractivity contribution in [1.82, 2.24) is 19.8 Å². The lowest BCUT2D eigenvalue weighted by Gasteiger charge is -2.55. The number of likely N-dealkylation sites (N-methyl/N-ethyl adjacent to an activating group) is 1. The molecule has 0 unspecified atom stereocenters. The van der Waals surface area contributed by atoms with Crippen LogP contribution >= 0.6 is 0 Å². The van der Waals surface area contributed by atoms with Crippen LogP contribution in [0.4, 0.5) is 14.6 Å². The molecule has 1 aromatic carbocycles. The first-order valence-electron chi connectivity index (χ1n) is 14.4. The Labute approximate surface area is 243 Å². The Morgan fingerprint density at radius 1 is 1.05 bits per heavy atom. The molecule has 9 heteroatoms. The number of halogens is 2.